The Kier molecular flexibility index (Phi) is 32.5. The van der Waals surface area contributed by atoms with E-state index in [9.17, 15) is 57.1 Å². The van der Waals surface area contributed by atoms with E-state index in [0.717, 1.165) is 165 Å². The largest absolute Gasteiger partial charge is 0.416 e. The normalized spacial score (nSPS) is 16.9. The third kappa shape index (κ3) is 25.2. The minimum absolute atomic E-state index is 0.0452. The summed E-state index contributed by atoms with van der Waals surface area (Å²) in [6.45, 7) is 35.4. The highest BCUT2D eigenvalue weighted by Gasteiger charge is 2.36. The number of anilines is 2. The van der Waals surface area contributed by atoms with Crippen LogP contribution < -0.4 is 11.5 Å². The fourth-order valence-electron chi connectivity index (χ4n) is 16.6. The number of aliphatic imine (C=N–C) groups is 8. The van der Waals surface area contributed by atoms with E-state index in [0.29, 0.717) is 71.4 Å². The quantitative estimate of drug-likeness (QED) is 0.0674. The summed E-state index contributed by atoms with van der Waals surface area (Å²) in [5.74, 6) is -2.53. The second-order valence-electron chi connectivity index (χ2n) is 35.2. The fraction of sp³-hybridized carbons (Fsp3) is 0.284. The third-order valence-corrected chi connectivity index (χ3v) is 25.7. The van der Waals surface area contributed by atoms with Gasteiger partial charge in [0.05, 0.1) is 11.1 Å². The molecule has 0 fully saturated rings. The van der Waals surface area contributed by atoms with Crippen LogP contribution in [0.3, 0.4) is 0 Å². The lowest BCUT2D eigenvalue weighted by Gasteiger charge is -2.20. The van der Waals surface area contributed by atoms with E-state index in [4.69, 9.17) is 23.1 Å². The molecule has 11 aliphatic rings. The number of rotatable bonds is 8. The second-order valence-corrected chi connectivity index (χ2v) is 36.6. The van der Waals surface area contributed by atoms with Gasteiger partial charge >= 0.3 is 12.4 Å². The molecule has 0 spiro atoms. The van der Waals surface area contributed by atoms with Crippen molar-refractivity contribution in [3.63, 3.8) is 0 Å². The first kappa shape index (κ1) is 101. The molecule has 0 aromatic heterocycles. The lowest BCUT2D eigenvalue weighted by Crippen LogP contribution is -2.09. The van der Waals surface area contributed by atoms with Crippen molar-refractivity contribution < 1.29 is 57.1 Å². The molecule has 25 heteroatoms. The molecule has 9 heterocycles. The van der Waals surface area contributed by atoms with E-state index >= 15 is 0 Å². The summed E-state index contributed by atoms with van der Waals surface area (Å²) >= 11 is 7.78. The summed E-state index contributed by atoms with van der Waals surface area (Å²) in [5, 5.41) is 0.250. The zero-order chi connectivity index (χ0) is 97.2. The Labute approximate surface area is 784 Å². The third-order valence-electron chi connectivity index (χ3n) is 24.1. The number of allylic oxidation sites excluding steroid dienone is 10. The number of alkyl halides is 6. The molecule has 0 saturated carbocycles. The van der Waals surface area contributed by atoms with Crippen LogP contribution in [0.5, 0.6) is 0 Å². The minimum atomic E-state index is -4.42. The van der Waals surface area contributed by atoms with Gasteiger partial charge in [-0.15, -0.1) is 11.8 Å². The summed E-state index contributed by atoms with van der Waals surface area (Å²) in [6.07, 6.45) is 9.46. The number of hydrogen-bond donors (Lipinski definition) is 2. The molecule has 0 amide bonds. The van der Waals surface area contributed by atoms with Crippen molar-refractivity contribution in [3.8, 4) is 0 Å². The highest BCUT2D eigenvalue weighted by atomic mass is 35.5. The molecule has 696 valence electrons. The van der Waals surface area contributed by atoms with Gasteiger partial charge in [0.25, 0.3) is 0 Å². The Bertz CT molecular complexity index is 6640. The van der Waals surface area contributed by atoms with Gasteiger partial charge in [-0.3, -0.25) is 20.0 Å². The predicted octanol–water partition coefficient (Wildman–Crippen LogP) is 31.2. The first-order valence-electron chi connectivity index (χ1n) is 43.9. The van der Waals surface area contributed by atoms with Crippen LogP contribution in [0, 0.1) is 57.9 Å². The van der Waals surface area contributed by atoms with Crippen molar-refractivity contribution in [2.45, 2.75) is 204 Å². The van der Waals surface area contributed by atoms with Gasteiger partial charge in [-0.1, -0.05) is 133 Å². The number of hydrogen-bond acceptors (Lipinski definition) is 11. The van der Waals surface area contributed by atoms with Gasteiger partial charge in [-0.2, -0.15) is 39.5 Å². The van der Waals surface area contributed by atoms with Gasteiger partial charge in [0, 0.05) is 183 Å². The molecule has 0 unspecified atom stereocenters. The zero-order valence-electron chi connectivity index (χ0n) is 77.3. The number of thioether (sulfide) groups is 1. The Morgan fingerprint density at radius 1 is 0.313 bits per heavy atom. The molecule has 0 saturated heterocycles. The number of aryl methyl sites for hydroxylation is 5. The lowest BCUT2D eigenvalue weighted by molar-refractivity contribution is -0.138. The molecule has 8 aromatic rings. The molecule has 8 aromatic carbocycles. The Morgan fingerprint density at radius 2 is 0.664 bits per heavy atom. The molecule has 0 atom stereocenters. The van der Waals surface area contributed by atoms with Gasteiger partial charge in [0.1, 0.15) is 16.8 Å². The molecule has 0 radical (unpaired) electrons. The average molecular weight is 1870 g/mol. The molecular weight excluding hydrogens is 1760 g/mol. The van der Waals surface area contributed by atoms with Gasteiger partial charge in [0.2, 0.25) is 17.9 Å². The standard InChI is InChI=1S/C16H15F2N.C16H16FN.C15H15NS.C13H11F4N.C13H12F3N.C12H10ClF2N.C12H13FN2.C12H14N2/c1-9-3-5-12-11(7-9)4-6-13(15(12)17)14-8-10(2)19-16(14)18;1-10-3-5-14-12(7-10)4-6-15(16(14)17)13-8-11(2)18-9-13;1-10-5-13-4-3-12(7-15(13)17-9-10)14-6-11(2)16-8-14;1-7-3-4-9(6-11(7)13(15,16)17)10-5-8(2)18-12(10)14;1-8-3-4-10(6-12(8)13(14,15)16)11-5-9(2)17-7-11;1-6-3-4-8(11(15)10(6)14)9-5-7(2)16-12(9)13;1-7-5-9(3-4-11(7)14)10-6-8(2)15-12(10)13;1-8-5-10(3-4-12(8)13)11-6-9(2)14-7-11/h4,6H,1,3,5,7-8H2,2H3;4,6,9H,1,3,5,7-8H2,2H3;3-4,7-8H,1,5-6,9H2,2H3;3-4,6H,5H2,1-2H3;3-4,6-7H,5H2,1-2H3;3-4H,5H2,1-2H3;3-5H,6,14H2,1-2H3;3-5,7H,6,13H2,1-2H3. The molecular formula is C109H106ClF13N10S. The highest BCUT2D eigenvalue weighted by Crippen LogP contribution is 2.44. The van der Waals surface area contributed by atoms with Crippen molar-refractivity contribution in [2.24, 2.45) is 39.9 Å². The summed E-state index contributed by atoms with van der Waals surface area (Å²) in [7, 11) is 0. The van der Waals surface area contributed by atoms with Crippen LogP contribution in [0.15, 0.2) is 256 Å². The van der Waals surface area contributed by atoms with Crippen LogP contribution in [0.2, 0.25) is 0 Å². The predicted molar refractivity (Wildman–Crippen MR) is 530 cm³/mol. The van der Waals surface area contributed by atoms with Gasteiger partial charge in [-0.05, 0) is 283 Å². The van der Waals surface area contributed by atoms with Gasteiger partial charge in [-0.25, -0.2) is 37.5 Å². The average Bonchev–Trinajstić information content (AvgIpc) is 1.77. The first-order valence-corrected chi connectivity index (χ1v) is 45.2. The Balaban J connectivity index is 0.000000138. The molecule has 19 rings (SSSR count). The van der Waals surface area contributed by atoms with Crippen molar-refractivity contribution in [3.05, 3.63) is 346 Å². The minimum Gasteiger partial charge on any atom is -0.399 e. The number of nitrogen functional groups attached to an aromatic ring is 2. The monoisotopic (exact) mass is 1870 g/mol. The number of nitrogens with zero attached hydrogens (tertiary/aromatic N) is 8. The van der Waals surface area contributed by atoms with E-state index in [1.807, 2.05) is 102 Å². The Hall–Kier alpha value is -12.4. The summed E-state index contributed by atoms with van der Waals surface area (Å²) in [4.78, 5) is 33.5. The summed E-state index contributed by atoms with van der Waals surface area (Å²) < 4.78 is 173. The fourth-order valence-corrected chi connectivity index (χ4v) is 17.9. The molecule has 2 aliphatic carbocycles. The van der Waals surface area contributed by atoms with Crippen LogP contribution in [-0.4, -0.2) is 51.4 Å². The number of halogens is 14. The number of fused-ring (bicyclic) bond motifs is 3. The van der Waals surface area contributed by atoms with E-state index in [1.54, 1.807) is 63.5 Å². The van der Waals surface area contributed by atoms with Crippen molar-refractivity contribution in [2.75, 3.05) is 17.2 Å². The zero-order valence-corrected chi connectivity index (χ0v) is 78.9. The van der Waals surface area contributed by atoms with Crippen LogP contribution in [0.1, 0.15) is 231 Å². The molecule has 0 bridgehead atoms. The van der Waals surface area contributed by atoms with Crippen LogP contribution in [0.4, 0.5) is 68.5 Å². The molecule has 4 N–H and O–H groups in total. The Morgan fingerprint density at radius 3 is 1.10 bits per heavy atom. The van der Waals surface area contributed by atoms with E-state index in [1.165, 1.54) is 100 Å². The topological polar surface area (TPSA) is 151 Å². The number of nitrogens with two attached hydrogens (primary N) is 2. The maximum atomic E-state index is 14.6. The maximum Gasteiger partial charge on any atom is 0.416 e. The summed E-state index contributed by atoms with van der Waals surface area (Å²) in [6, 6.07) is 37.3. The SMILES string of the molecule is C=C1CCc2c(ccc(C3=C(F)N=C(C)C3)c2F)C1.C=C1CCc2c(ccc(C3=CN=C(C)C3)c2F)C1.C=C1CSc2cc(C3=CN=C(C)C3)ccc2C1.CC1=NC(Cl)=C(c2ccc(C)c(F)c2F)C1.CC1=NC(F)=C(c2ccc(C)c(C(F)(F)F)c2)C1.CC1=NC(F)=C(c2ccc(N)c(C)c2)C1.CC1=NC=C(c2ccc(C)c(C(F)(F)F)c2)C1.CC1=NC=C(c2ccc(N)c(C)c2)C1. The van der Waals surface area contributed by atoms with Gasteiger partial charge in [0.15, 0.2) is 11.6 Å². The molecule has 9 aliphatic heterocycles. The van der Waals surface area contributed by atoms with Gasteiger partial charge < -0.3 is 11.5 Å². The van der Waals surface area contributed by atoms with Crippen LogP contribution in [-0.2, 0) is 44.5 Å². The van der Waals surface area contributed by atoms with E-state index < -0.39 is 47.0 Å². The molecule has 10 nitrogen and oxygen atoms in total. The second kappa shape index (κ2) is 43.3. The van der Waals surface area contributed by atoms with Crippen molar-refractivity contribution in [1.29, 1.82) is 0 Å². The van der Waals surface area contributed by atoms with Crippen LogP contribution in [0.25, 0.3) is 44.6 Å². The van der Waals surface area contributed by atoms with Crippen LogP contribution >= 0.6 is 23.4 Å². The first-order chi connectivity index (χ1) is 63.3. The molecule has 134 heavy (non-hydrogen) atoms. The number of benzene rings is 8. The maximum absolute atomic E-state index is 14.6. The lowest BCUT2D eigenvalue weighted by atomic mass is 9.86. The van der Waals surface area contributed by atoms with E-state index in [2.05, 4.69) is 96.9 Å². The van der Waals surface area contributed by atoms with Crippen molar-refractivity contribution in [1.82, 2.24) is 0 Å². The van der Waals surface area contributed by atoms with E-state index in [-0.39, 0.29) is 62.6 Å². The summed E-state index contributed by atoms with van der Waals surface area (Å²) in [5.41, 5.74) is 42.4. The highest BCUT2D eigenvalue weighted by molar-refractivity contribution is 7.99. The van der Waals surface area contributed by atoms with Crippen molar-refractivity contribution >= 4 is 125 Å². The smallest absolute Gasteiger partial charge is 0.399 e.